The van der Waals surface area contributed by atoms with E-state index in [0.29, 0.717) is 40.5 Å². The van der Waals surface area contributed by atoms with Gasteiger partial charge in [-0.15, -0.1) is 10.2 Å². The first-order valence-electron chi connectivity index (χ1n) is 8.44. The highest BCUT2D eigenvalue weighted by Gasteiger charge is 2.28. The number of amides is 1. The maximum atomic E-state index is 12.8. The molecule has 0 radical (unpaired) electrons. The topological polar surface area (TPSA) is 94.2 Å². The van der Waals surface area contributed by atoms with Crippen LogP contribution in [0.2, 0.25) is 0 Å². The second-order valence-corrected chi connectivity index (χ2v) is 7.93. The summed E-state index contributed by atoms with van der Waals surface area (Å²) in [7, 11) is 1.77. The summed E-state index contributed by atoms with van der Waals surface area (Å²) < 4.78 is 1.68. The number of carbonyl (C=O) groups is 1. The molecule has 138 valence electrons. The third-order valence-electron chi connectivity index (χ3n) is 4.43. The second kappa shape index (κ2) is 7.45. The van der Waals surface area contributed by atoms with Gasteiger partial charge in [0.15, 0.2) is 5.16 Å². The van der Waals surface area contributed by atoms with Gasteiger partial charge in [0.05, 0.1) is 9.82 Å². The molecule has 9 heteroatoms. The molecule has 26 heavy (non-hydrogen) atoms. The number of likely N-dealkylation sites (tertiary alicyclic amines) is 1. The van der Waals surface area contributed by atoms with Gasteiger partial charge in [-0.25, -0.2) is 0 Å². The summed E-state index contributed by atoms with van der Waals surface area (Å²) in [5.41, 5.74) is 0.252. The first-order chi connectivity index (χ1) is 12.3. The van der Waals surface area contributed by atoms with Crippen LogP contribution < -0.4 is 0 Å². The number of aryl methyl sites for hydroxylation is 1. The van der Waals surface area contributed by atoms with Crippen LogP contribution in [-0.2, 0) is 7.05 Å². The molecule has 0 aliphatic carbocycles. The molecule has 8 nitrogen and oxygen atoms in total. The van der Waals surface area contributed by atoms with Gasteiger partial charge in [0.1, 0.15) is 6.33 Å². The average Bonchev–Trinajstić information content (AvgIpc) is 2.98. The minimum absolute atomic E-state index is 0.0954. The number of carbonyl (C=O) groups excluding carboxylic acids is 1. The molecule has 0 saturated carbocycles. The van der Waals surface area contributed by atoms with Crippen molar-refractivity contribution < 1.29 is 9.72 Å². The van der Waals surface area contributed by atoms with Crippen LogP contribution >= 0.6 is 11.8 Å². The van der Waals surface area contributed by atoms with Crippen molar-refractivity contribution in [2.75, 3.05) is 13.1 Å². The Morgan fingerprint density at radius 2 is 2.00 bits per heavy atom. The van der Waals surface area contributed by atoms with Gasteiger partial charge in [-0.2, -0.15) is 0 Å². The molecular formula is C17H21N5O3S. The molecule has 1 aliphatic rings. The van der Waals surface area contributed by atoms with Crippen molar-refractivity contribution in [2.45, 2.75) is 30.3 Å². The molecule has 0 bridgehead atoms. The van der Waals surface area contributed by atoms with E-state index >= 15 is 0 Å². The van der Waals surface area contributed by atoms with Gasteiger partial charge in [0.25, 0.3) is 11.6 Å². The number of aromatic nitrogens is 3. The molecule has 1 saturated heterocycles. The van der Waals surface area contributed by atoms with E-state index in [9.17, 15) is 14.9 Å². The summed E-state index contributed by atoms with van der Waals surface area (Å²) in [5, 5.41) is 19.8. The third-order valence-corrected chi connectivity index (χ3v) is 5.55. The van der Waals surface area contributed by atoms with Crippen molar-refractivity contribution in [1.29, 1.82) is 0 Å². The van der Waals surface area contributed by atoms with Gasteiger partial charge in [0.2, 0.25) is 0 Å². The summed E-state index contributed by atoms with van der Waals surface area (Å²) >= 11 is 1.16. The first-order valence-corrected chi connectivity index (χ1v) is 9.26. The van der Waals surface area contributed by atoms with Gasteiger partial charge in [0, 0.05) is 31.8 Å². The maximum Gasteiger partial charge on any atom is 0.284 e. The SMILES string of the molecule is CC1CC(C)CN(C(=O)c2ccc(Sc3nncn3C)c([N+](=O)[O-])c2)C1. The Kier molecular flexibility index (Phi) is 5.26. The van der Waals surface area contributed by atoms with Crippen LogP contribution in [0, 0.1) is 22.0 Å². The summed E-state index contributed by atoms with van der Waals surface area (Å²) in [5.74, 6) is 0.716. The summed E-state index contributed by atoms with van der Waals surface area (Å²) in [6.07, 6.45) is 2.63. The molecule has 2 unspecified atom stereocenters. The van der Waals surface area contributed by atoms with Crippen molar-refractivity contribution in [3.8, 4) is 0 Å². The molecule has 1 aromatic heterocycles. The summed E-state index contributed by atoms with van der Waals surface area (Å²) in [4.78, 5) is 26.1. The number of benzene rings is 1. The zero-order chi connectivity index (χ0) is 18.8. The van der Waals surface area contributed by atoms with Crippen molar-refractivity contribution >= 4 is 23.4 Å². The van der Waals surface area contributed by atoms with Crippen LogP contribution in [0.15, 0.2) is 34.6 Å². The van der Waals surface area contributed by atoms with Crippen LogP contribution in [0.5, 0.6) is 0 Å². The van der Waals surface area contributed by atoms with Gasteiger partial charge in [-0.1, -0.05) is 13.8 Å². The Balaban J connectivity index is 1.87. The highest BCUT2D eigenvalue weighted by molar-refractivity contribution is 7.99. The van der Waals surface area contributed by atoms with E-state index in [1.54, 1.807) is 28.6 Å². The van der Waals surface area contributed by atoms with Crippen LogP contribution in [0.1, 0.15) is 30.6 Å². The molecule has 1 fully saturated rings. The molecular weight excluding hydrogens is 354 g/mol. The number of piperidine rings is 1. The number of hydrogen-bond donors (Lipinski definition) is 0. The Morgan fingerprint density at radius 1 is 1.31 bits per heavy atom. The van der Waals surface area contributed by atoms with E-state index in [1.807, 2.05) is 0 Å². The van der Waals surface area contributed by atoms with E-state index in [2.05, 4.69) is 24.0 Å². The zero-order valence-electron chi connectivity index (χ0n) is 15.0. The largest absolute Gasteiger partial charge is 0.338 e. The fraction of sp³-hybridized carbons (Fsp3) is 0.471. The van der Waals surface area contributed by atoms with Crippen LogP contribution in [0.25, 0.3) is 0 Å². The van der Waals surface area contributed by atoms with Gasteiger partial charge >= 0.3 is 0 Å². The smallest absolute Gasteiger partial charge is 0.284 e. The van der Waals surface area contributed by atoms with Crippen molar-refractivity contribution in [1.82, 2.24) is 19.7 Å². The van der Waals surface area contributed by atoms with Crippen LogP contribution in [0.4, 0.5) is 5.69 Å². The Labute approximate surface area is 155 Å². The highest BCUT2D eigenvalue weighted by atomic mass is 32.2. The Bertz CT molecular complexity index is 828. The minimum Gasteiger partial charge on any atom is -0.338 e. The van der Waals surface area contributed by atoms with Gasteiger partial charge < -0.3 is 9.47 Å². The highest BCUT2D eigenvalue weighted by Crippen LogP contribution is 2.34. The predicted octanol–water partition coefficient (Wildman–Crippen LogP) is 2.99. The molecule has 1 aliphatic heterocycles. The molecule has 3 rings (SSSR count). The van der Waals surface area contributed by atoms with Crippen LogP contribution in [0.3, 0.4) is 0 Å². The van der Waals surface area contributed by atoms with E-state index in [4.69, 9.17) is 0 Å². The van der Waals surface area contributed by atoms with Gasteiger partial charge in [-0.3, -0.25) is 14.9 Å². The second-order valence-electron chi connectivity index (χ2n) is 6.92. The number of nitro groups is 1. The number of hydrogen-bond acceptors (Lipinski definition) is 6. The molecule has 1 amide bonds. The zero-order valence-corrected chi connectivity index (χ0v) is 15.8. The predicted molar refractivity (Wildman–Crippen MR) is 97.1 cm³/mol. The molecule has 0 spiro atoms. The van der Waals surface area contributed by atoms with E-state index in [0.717, 1.165) is 18.2 Å². The van der Waals surface area contributed by atoms with Crippen molar-refractivity contribution in [3.63, 3.8) is 0 Å². The molecule has 2 atom stereocenters. The lowest BCUT2D eigenvalue weighted by molar-refractivity contribution is -0.387. The lowest BCUT2D eigenvalue weighted by Crippen LogP contribution is -2.42. The fourth-order valence-corrected chi connectivity index (χ4v) is 4.20. The Morgan fingerprint density at radius 3 is 2.58 bits per heavy atom. The standard InChI is InChI=1S/C17H21N5O3S/c1-11-6-12(2)9-21(8-11)16(23)13-4-5-15(14(7-13)22(24)25)26-17-19-18-10-20(17)3/h4-5,7,10-12H,6,8-9H2,1-3H3. The normalized spacial score (nSPS) is 20.2. The third kappa shape index (κ3) is 3.87. The summed E-state index contributed by atoms with van der Waals surface area (Å²) in [6, 6.07) is 4.63. The van der Waals surface area contributed by atoms with Crippen LogP contribution in [-0.4, -0.2) is 43.6 Å². The molecule has 2 heterocycles. The number of nitro benzene ring substituents is 1. The Hall–Kier alpha value is -2.42. The van der Waals surface area contributed by atoms with E-state index in [1.165, 1.54) is 12.4 Å². The van der Waals surface area contributed by atoms with Gasteiger partial charge in [-0.05, 0) is 42.2 Å². The lowest BCUT2D eigenvalue weighted by atomic mass is 9.91. The monoisotopic (exact) mass is 375 g/mol. The van der Waals surface area contributed by atoms with E-state index in [-0.39, 0.29) is 11.6 Å². The fourth-order valence-electron chi connectivity index (χ4n) is 3.35. The minimum atomic E-state index is -0.461. The quantitative estimate of drug-likeness (QED) is 0.602. The molecule has 1 aromatic carbocycles. The maximum absolute atomic E-state index is 12.8. The van der Waals surface area contributed by atoms with Crippen molar-refractivity contribution in [2.24, 2.45) is 18.9 Å². The lowest BCUT2D eigenvalue weighted by Gasteiger charge is -2.35. The first kappa shape index (κ1) is 18.4. The average molecular weight is 375 g/mol. The summed E-state index contributed by atoms with van der Waals surface area (Å²) in [6.45, 7) is 5.62. The molecule has 0 N–H and O–H groups in total. The van der Waals surface area contributed by atoms with E-state index < -0.39 is 4.92 Å². The number of nitrogens with zero attached hydrogens (tertiary/aromatic N) is 5. The number of rotatable bonds is 4. The molecule has 2 aromatic rings. The van der Waals surface area contributed by atoms with Crippen molar-refractivity contribution in [3.05, 3.63) is 40.2 Å².